The number of nitrogens with zero attached hydrogens (tertiary/aromatic N) is 1. The topological polar surface area (TPSA) is 23.5 Å². The van der Waals surface area contributed by atoms with Gasteiger partial charge in [0, 0.05) is 30.3 Å². The first kappa shape index (κ1) is 17.6. The number of halogens is 3. The molecule has 0 radical (unpaired) electrons. The average molecular weight is 333 g/mol. The maximum absolute atomic E-state index is 12.7. The lowest BCUT2D eigenvalue weighted by atomic mass is 9.91. The lowest BCUT2D eigenvalue weighted by Crippen LogP contribution is -2.53. The molecule has 2 nitrogen and oxygen atoms in total. The summed E-state index contributed by atoms with van der Waals surface area (Å²) in [5.74, 6) is 0.840. The van der Waals surface area contributed by atoms with E-state index in [-0.39, 0.29) is 12.8 Å². The Morgan fingerprint density at radius 3 is 2.36 bits per heavy atom. The van der Waals surface area contributed by atoms with E-state index in [1.807, 2.05) is 4.90 Å². The van der Waals surface area contributed by atoms with Crippen molar-refractivity contribution < 1.29 is 18.3 Å². The molecule has 1 aromatic carbocycles. The van der Waals surface area contributed by atoms with Crippen molar-refractivity contribution >= 4 is 11.8 Å². The van der Waals surface area contributed by atoms with Gasteiger partial charge in [0.15, 0.2) is 5.60 Å². The van der Waals surface area contributed by atoms with Crippen LogP contribution in [0.4, 0.5) is 13.2 Å². The van der Waals surface area contributed by atoms with Crippen LogP contribution in [0.2, 0.25) is 0 Å². The first-order valence-corrected chi connectivity index (χ1v) is 8.41. The summed E-state index contributed by atoms with van der Waals surface area (Å²) in [5, 5.41) is 9.63. The number of aryl methyl sites for hydroxylation is 2. The van der Waals surface area contributed by atoms with E-state index >= 15 is 0 Å². The molecule has 124 valence electrons. The summed E-state index contributed by atoms with van der Waals surface area (Å²) in [5.41, 5.74) is 0.00933. The number of hydrogen-bond donors (Lipinski definition) is 1. The number of rotatable bonds is 4. The summed E-state index contributed by atoms with van der Waals surface area (Å²) >= 11 is 1.72. The second kappa shape index (κ2) is 6.81. The zero-order valence-electron chi connectivity index (χ0n) is 12.9. The number of hydrogen-bond acceptors (Lipinski definition) is 3. The number of likely N-dealkylation sites (tertiary alicyclic amines) is 1. The van der Waals surface area contributed by atoms with Gasteiger partial charge in [-0.3, -0.25) is 0 Å². The number of alkyl halides is 3. The number of benzene rings is 1. The van der Waals surface area contributed by atoms with Crippen molar-refractivity contribution in [1.29, 1.82) is 0 Å². The summed E-state index contributed by atoms with van der Waals surface area (Å²) in [6.45, 7) is 5.47. The molecule has 0 spiro atoms. The van der Waals surface area contributed by atoms with E-state index in [1.165, 1.54) is 16.0 Å². The molecule has 1 saturated heterocycles. The highest BCUT2D eigenvalue weighted by Gasteiger charge is 2.54. The first-order chi connectivity index (χ1) is 10.2. The zero-order valence-corrected chi connectivity index (χ0v) is 13.7. The van der Waals surface area contributed by atoms with Crippen molar-refractivity contribution in [2.75, 3.05) is 25.4 Å². The van der Waals surface area contributed by atoms with E-state index in [4.69, 9.17) is 0 Å². The molecule has 1 fully saturated rings. The fraction of sp³-hybridized carbons (Fsp3) is 0.625. The molecule has 22 heavy (non-hydrogen) atoms. The van der Waals surface area contributed by atoms with Crippen molar-refractivity contribution in [2.45, 2.75) is 43.4 Å². The third kappa shape index (κ3) is 4.18. The zero-order chi connectivity index (χ0) is 16.4. The number of aliphatic hydroxyl groups is 1. The molecule has 0 atom stereocenters. The molecule has 0 saturated carbocycles. The van der Waals surface area contributed by atoms with E-state index in [9.17, 15) is 18.3 Å². The Morgan fingerprint density at radius 2 is 1.82 bits per heavy atom. The molecule has 2 rings (SSSR count). The largest absolute Gasteiger partial charge is 0.417 e. The minimum absolute atomic E-state index is 0.231. The van der Waals surface area contributed by atoms with Crippen LogP contribution in [-0.4, -0.2) is 47.2 Å². The Bertz CT molecular complexity index is 511. The lowest BCUT2D eigenvalue weighted by Gasteiger charge is -2.39. The van der Waals surface area contributed by atoms with Crippen molar-refractivity contribution in [3.05, 3.63) is 29.3 Å². The van der Waals surface area contributed by atoms with Crippen LogP contribution in [0.3, 0.4) is 0 Å². The van der Waals surface area contributed by atoms with E-state index in [1.54, 1.807) is 11.8 Å². The maximum atomic E-state index is 12.7. The molecule has 0 unspecified atom stereocenters. The predicted molar refractivity (Wildman–Crippen MR) is 83.3 cm³/mol. The maximum Gasteiger partial charge on any atom is 0.417 e. The van der Waals surface area contributed by atoms with E-state index < -0.39 is 11.8 Å². The van der Waals surface area contributed by atoms with Crippen LogP contribution in [0.5, 0.6) is 0 Å². The first-order valence-electron chi connectivity index (χ1n) is 7.43. The van der Waals surface area contributed by atoms with Gasteiger partial charge in [-0.05, 0) is 49.9 Å². The molecular formula is C16H22F3NOS. The van der Waals surface area contributed by atoms with Crippen LogP contribution in [0, 0.1) is 13.8 Å². The smallest absolute Gasteiger partial charge is 0.380 e. The van der Waals surface area contributed by atoms with E-state index in [0.29, 0.717) is 13.1 Å². The van der Waals surface area contributed by atoms with Crippen LogP contribution < -0.4 is 0 Å². The molecule has 1 heterocycles. The lowest BCUT2D eigenvalue weighted by molar-refractivity contribution is -0.272. The van der Waals surface area contributed by atoms with Crippen molar-refractivity contribution in [3.63, 3.8) is 0 Å². The van der Waals surface area contributed by atoms with Gasteiger partial charge in [0.1, 0.15) is 0 Å². The molecule has 0 amide bonds. The van der Waals surface area contributed by atoms with Gasteiger partial charge in [-0.2, -0.15) is 13.2 Å². The van der Waals surface area contributed by atoms with Gasteiger partial charge in [0.2, 0.25) is 0 Å². The average Bonchev–Trinajstić information content (AvgIpc) is 2.44. The molecular weight excluding hydrogens is 311 g/mol. The molecule has 6 heteroatoms. The molecule has 0 aliphatic carbocycles. The molecule has 1 N–H and O–H groups in total. The molecule has 0 aromatic heterocycles. The quantitative estimate of drug-likeness (QED) is 0.848. The number of thioether (sulfide) groups is 1. The van der Waals surface area contributed by atoms with Gasteiger partial charge in [-0.1, -0.05) is 6.07 Å². The van der Waals surface area contributed by atoms with Crippen LogP contribution in [0.25, 0.3) is 0 Å². The summed E-state index contributed by atoms with van der Waals surface area (Å²) in [7, 11) is 0. The second-order valence-corrected chi connectivity index (χ2v) is 7.13. The Hall–Kier alpha value is -0.720. The summed E-state index contributed by atoms with van der Waals surface area (Å²) < 4.78 is 38.2. The highest BCUT2D eigenvalue weighted by molar-refractivity contribution is 7.99. The van der Waals surface area contributed by atoms with Gasteiger partial charge < -0.3 is 10.0 Å². The standard InChI is InChI=1S/C16H22F3NOS/c1-12-3-4-14(11-13(12)2)22-10-9-20-7-5-15(21,6-8-20)16(17,18)19/h3-4,11,21H,5-10H2,1-2H3. The van der Waals surface area contributed by atoms with Gasteiger partial charge in [0.05, 0.1) is 0 Å². The van der Waals surface area contributed by atoms with E-state index in [0.717, 1.165) is 12.3 Å². The van der Waals surface area contributed by atoms with Crippen LogP contribution in [0.15, 0.2) is 23.1 Å². The fourth-order valence-corrected chi connectivity index (χ4v) is 3.54. The minimum Gasteiger partial charge on any atom is -0.380 e. The Balaban J connectivity index is 1.76. The van der Waals surface area contributed by atoms with Crippen LogP contribution >= 0.6 is 11.8 Å². The summed E-state index contributed by atoms with van der Waals surface area (Å²) in [6, 6.07) is 6.30. The second-order valence-electron chi connectivity index (χ2n) is 5.97. The minimum atomic E-state index is -4.52. The Kier molecular flexibility index (Phi) is 5.45. The molecule has 1 aliphatic heterocycles. The monoisotopic (exact) mass is 333 g/mol. The Morgan fingerprint density at radius 1 is 1.18 bits per heavy atom. The molecule has 0 bridgehead atoms. The van der Waals surface area contributed by atoms with Crippen molar-refractivity contribution in [2.24, 2.45) is 0 Å². The predicted octanol–water partition coefficient (Wildman–Crippen LogP) is 3.78. The van der Waals surface area contributed by atoms with Gasteiger partial charge in [-0.25, -0.2) is 0 Å². The normalized spacial score (nSPS) is 19.4. The van der Waals surface area contributed by atoms with Crippen LogP contribution in [-0.2, 0) is 0 Å². The fourth-order valence-electron chi connectivity index (χ4n) is 2.53. The Labute approximate surface area is 133 Å². The molecule has 1 aromatic rings. The van der Waals surface area contributed by atoms with Crippen molar-refractivity contribution in [1.82, 2.24) is 4.90 Å². The van der Waals surface area contributed by atoms with E-state index in [2.05, 4.69) is 32.0 Å². The highest BCUT2D eigenvalue weighted by Crippen LogP contribution is 2.38. The van der Waals surface area contributed by atoms with Crippen molar-refractivity contribution in [3.8, 4) is 0 Å². The molecule has 1 aliphatic rings. The van der Waals surface area contributed by atoms with Crippen LogP contribution in [0.1, 0.15) is 24.0 Å². The van der Waals surface area contributed by atoms with Gasteiger partial charge in [0.25, 0.3) is 0 Å². The summed E-state index contributed by atoms with van der Waals surface area (Å²) in [6.07, 6.45) is -4.98. The number of piperidine rings is 1. The highest BCUT2D eigenvalue weighted by atomic mass is 32.2. The SMILES string of the molecule is Cc1ccc(SCCN2CCC(O)(C(F)(F)F)CC2)cc1C. The summed E-state index contributed by atoms with van der Waals surface area (Å²) in [4.78, 5) is 3.18. The third-order valence-electron chi connectivity index (χ3n) is 4.37. The van der Waals surface area contributed by atoms with Gasteiger partial charge in [-0.15, -0.1) is 11.8 Å². The third-order valence-corrected chi connectivity index (χ3v) is 5.34. The van der Waals surface area contributed by atoms with Gasteiger partial charge >= 0.3 is 6.18 Å².